The molecule has 1 fully saturated rings. The van der Waals surface area contributed by atoms with Crippen molar-refractivity contribution in [2.75, 3.05) is 31.1 Å². The van der Waals surface area contributed by atoms with Gasteiger partial charge >= 0.3 is 0 Å². The zero-order chi connectivity index (χ0) is 19.0. The van der Waals surface area contributed by atoms with E-state index in [1.165, 1.54) is 10.3 Å². The fourth-order valence-corrected chi connectivity index (χ4v) is 3.72. The third kappa shape index (κ3) is 3.20. The van der Waals surface area contributed by atoms with Crippen molar-refractivity contribution in [2.24, 2.45) is 7.05 Å². The summed E-state index contributed by atoms with van der Waals surface area (Å²) in [6.07, 6.45) is 1.69. The molecule has 0 aliphatic carbocycles. The van der Waals surface area contributed by atoms with Crippen LogP contribution in [0, 0.1) is 6.92 Å². The second-order valence-corrected chi connectivity index (χ2v) is 6.92. The van der Waals surface area contributed by atoms with Crippen LogP contribution >= 0.6 is 0 Å². The SMILES string of the molecule is Cc1nn(C)c2c(=O)n(CC(=O)N3CCN(c4ccccc4)CC3)ccc12. The molecule has 2 aromatic heterocycles. The first-order valence-electron chi connectivity index (χ1n) is 9.15. The van der Waals surface area contributed by atoms with Gasteiger partial charge in [-0.05, 0) is 25.1 Å². The number of fused-ring (bicyclic) bond motifs is 1. The Kier molecular flexibility index (Phi) is 4.43. The number of pyridine rings is 1. The molecule has 0 radical (unpaired) electrons. The Morgan fingerprint density at radius 2 is 1.78 bits per heavy atom. The zero-order valence-electron chi connectivity index (χ0n) is 15.6. The fourth-order valence-electron chi connectivity index (χ4n) is 3.72. The van der Waals surface area contributed by atoms with Gasteiger partial charge in [0.1, 0.15) is 12.1 Å². The van der Waals surface area contributed by atoms with Gasteiger partial charge < -0.3 is 14.4 Å². The first-order valence-corrected chi connectivity index (χ1v) is 9.15. The van der Waals surface area contributed by atoms with E-state index in [-0.39, 0.29) is 18.0 Å². The number of anilines is 1. The Bertz CT molecular complexity index is 1030. The summed E-state index contributed by atoms with van der Waals surface area (Å²) in [6.45, 7) is 4.86. The van der Waals surface area contributed by atoms with Crippen molar-refractivity contribution in [1.82, 2.24) is 19.2 Å². The highest BCUT2D eigenvalue weighted by molar-refractivity contribution is 5.81. The minimum Gasteiger partial charge on any atom is -0.368 e. The first kappa shape index (κ1) is 17.3. The van der Waals surface area contributed by atoms with Crippen LogP contribution < -0.4 is 10.5 Å². The van der Waals surface area contributed by atoms with Crippen LogP contribution in [0.1, 0.15) is 5.69 Å². The second kappa shape index (κ2) is 6.90. The van der Waals surface area contributed by atoms with Gasteiger partial charge in [0.15, 0.2) is 0 Å². The van der Waals surface area contributed by atoms with E-state index >= 15 is 0 Å². The second-order valence-electron chi connectivity index (χ2n) is 6.92. The Balaban J connectivity index is 1.46. The van der Waals surface area contributed by atoms with Crippen molar-refractivity contribution >= 4 is 22.5 Å². The van der Waals surface area contributed by atoms with Crippen LogP contribution in [-0.2, 0) is 18.4 Å². The van der Waals surface area contributed by atoms with Crippen molar-refractivity contribution in [3.63, 3.8) is 0 Å². The van der Waals surface area contributed by atoms with Crippen LogP contribution in [0.4, 0.5) is 5.69 Å². The lowest BCUT2D eigenvalue weighted by atomic mass is 10.2. The van der Waals surface area contributed by atoms with Crippen LogP contribution in [-0.4, -0.2) is 51.3 Å². The number of amides is 1. The van der Waals surface area contributed by atoms with E-state index < -0.39 is 0 Å². The van der Waals surface area contributed by atoms with Gasteiger partial charge in [0.05, 0.1) is 5.69 Å². The molecule has 27 heavy (non-hydrogen) atoms. The maximum atomic E-state index is 12.7. The number of benzene rings is 1. The number of aryl methyl sites for hydroxylation is 2. The number of carbonyl (C=O) groups is 1. The van der Waals surface area contributed by atoms with Gasteiger partial charge in [-0.3, -0.25) is 14.3 Å². The molecule has 3 heterocycles. The first-order chi connectivity index (χ1) is 13.0. The molecule has 0 atom stereocenters. The number of rotatable bonds is 3. The smallest absolute Gasteiger partial charge is 0.277 e. The summed E-state index contributed by atoms with van der Waals surface area (Å²) >= 11 is 0. The summed E-state index contributed by atoms with van der Waals surface area (Å²) in [7, 11) is 1.76. The molecule has 1 amide bonds. The zero-order valence-corrected chi connectivity index (χ0v) is 15.6. The number of piperazine rings is 1. The highest BCUT2D eigenvalue weighted by Gasteiger charge is 2.22. The van der Waals surface area contributed by atoms with Gasteiger partial charge in [0, 0.05) is 50.5 Å². The number of carbonyl (C=O) groups excluding carboxylic acids is 1. The Morgan fingerprint density at radius 3 is 2.48 bits per heavy atom. The van der Waals surface area contributed by atoms with Crippen molar-refractivity contribution in [1.29, 1.82) is 0 Å². The van der Waals surface area contributed by atoms with E-state index in [1.807, 2.05) is 36.1 Å². The third-order valence-electron chi connectivity index (χ3n) is 5.21. The van der Waals surface area contributed by atoms with Crippen molar-refractivity contribution < 1.29 is 4.79 Å². The van der Waals surface area contributed by atoms with Crippen molar-refractivity contribution in [3.05, 3.63) is 58.6 Å². The lowest BCUT2D eigenvalue weighted by Gasteiger charge is -2.36. The van der Waals surface area contributed by atoms with Gasteiger partial charge in [-0.1, -0.05) is 18.2 Å². The maximum absolute atomic E-state index is 12.7. The molecular weight excluding hydrogens is 342 g/mol. The van der Waals surface area contributed by atoms with Crippen LogP contribution in [0.15, 0.2) is 47.4 Å². The van der Waals surface area contributed by atoms with Crippen LogP contribution in [0.25, 0.3) is 10.9 Å². The number of hydrogen-bond donors (Lipinski definition) is 0. The molecule has 7 heteroatoms. The average molecular weight is 365 g/mol. The summed E-state index contributed by atoms with van der Waals surface area (Å²) in [6, 6.07) is 12.1. The number of para-hydroxylation sites is 1. The van der Waals surface area contributed by atoms with Gasteiger partial charge in [-0.25, -0.2) is 0 Å². The normalized spacial score (nSPS) is 14.7. The molecule has 0 unspecified atom stereocenters. The molecule has 140 valence electrons. The number of nitrogens with zero attached hydrogens (tertiary/aromatic N) is 5. The third-order valence-corrected chi connectivity index (χ3v) is 5.21. The van der Waals surface area contributed by atoms with Crippen LogP contribution in [0.5, 0.6) is 0 Å². The topological polar surface area (TPSA) is 63.4 Å². The Hall–Kier alpha value is -3.09. The van der Waals surface area contributed by atoms with E-state index in [0.29, 0.717) is 18.6 Å². The van der Waals surface area contributed by atoms with Gasteiger partial charge in [0.2, 0.25) is 5.91 Å². The van der Waals surface area contributed by atoms with E-state index in [4.69, 9.17) is 0 Å². The quantitative estimate of drug-likeness (QED) is 0.704. The van der Waals surface area contributed by atoms with Crippen LogP contribution in [0.3, 0.4) is 0 Å². The van der Waals surface area contributed by atoms with Crippen LogP contribution in [0.2, 0.25) is 0 Å². The van der Waals surface area contributed by atoms with Gasteiger partial charge in [-0.2, -0.15) is 5.10 Å². The predicted molar refractivity (Wildman–Crippen MR) is 105 cm³/mol. The van der Waals surface area contributed by atoms with E-state index in [1.54, 1.807) is 17.9 Å². The summed E-state index contributed by atoms with van der Waals surface area (Å²) in [5.74, 6) is -0.0250. The summed E-state index contributed by atoms with van der Waals surface area (Å²) < 4.78 is 3.07. The molecule has 1 aliphatic heterocycles. The monoisotopic (exact) mass is 365 g/mol. The molecule has 1 saturated heterocycles. The number of hydrogen-bond acceptors (Lipinski definition) is 4. The molecule has 4 rings (SSSR count). The highest BCUT2D eigenvalue weighted by atomic mass is 16.2. The lowest BCUT2D eigenvalue weighted by molar-refractivity contribution is -0.132. The Labute approximate surface area is 157 Å². The van der Waals surface area contributed by atoms with Gasteiger partial charge in [-0.15, -0.1) is 0 Å². The van der Waals surface area contributed by atoms with E-state index in [0.717, 1.165) is 24.2 Å². The van der Waals surface area contributed by atoms with E-state index in [2.05, 4.69) is 22.1 Å². The molecule has 1 aromatic carbocycles. The summed E-state index contributed by atoms with van der Waals surface area (Å²) in [5.41, 5.74) is 2.36. The molecule has 0 saturated carbocycles. The molecule has 0 N–H and O–H groups in total. The van der Waals surface area contributed by atoms with Crippen molar-refractivity contribution in [2.45, 2.75) is 13.5 Å². The summed E-state index contributed by atoms with van der Waals surface area (Å²) in [4.78, 5) is 29.6. The maximum Gasteiger partial charge on any atom is 0.277 e. The predicted octanol–water partition coefficient (Wildman–Crippen LogP) is 1.39. The largest absolute Gasteiger partial charge is 0.368 e. The highest BCUT2D eigenvalue weighted by Crippen LogP contribution is 2.16. The average Bonchev–Trinajstić information content (AvgIpc) is 2.99. The minimum absolute atomic E-state index is 0.0250. The molecule has 1 aliphatic rings. The minimum atomic E-state index is -0.174. The molecule has 0 bridgehead atoms. The fraction of sp³-hybridized carbons (Fsp3) is 0.350. The molecule has 3 aromatic rings. The molecular formula is C20H23N5O2. The standard InChI is InChI=1S/C20H23N5O2/c1-15-17-8-9-25(20(27)19(17)22(2)21-15)14-18(26)24-12-10-23(11-13-24)16-6-4-3-5-7-16/h3-9H,10-14H2,1-2H3. The van der Waals surface area contributed by atoms with E-state index in [9.17, 15) is 9.59 Å². The molecule has 7 nitrogen and oxygen atoms in total. The lowest BCUT2D eigenvalue weighted by Crippen LogP contribution is -2.50. The number of aromatic nitrogens is 3. The van der Waals surface area contributed by atoms with Crippen molar-refractivity contribution in [3.8, 4) is 0 Å². The Morgan fingerprint density at radius 1 is 1.07 bits per heavy atom. The van der Waals surface area contributed by atoms with Gasteiger partial charge in [0.25, 0.3) is 5.56 Å². The molecule has 0 spiro atoms. The summed E-state index contributed by atoms with van der Waals surface area (Å²) in [5, 5.41) is 5.14.